The molecule has 7 heteroatoms. The van der Waals surface area contributed by atoms with Crippen LogP contribution in [0.2, 0.25) is 0 Å². The predicted octanol–water partition coefficient (Wildman–Crippen LogP) is 3.27. The third kappa shape index (κ3) is 3.46. The van der Waals surface area contributed by atoms with Gasteiger partial charge in [0.1, 0.15) is 5.65 Å². The van der Waals surface area contributed by atoms with E-state index in [0.717, 1.165) is 10.0 Å². The molecule has 0 bridgehead atoms. The maximum absolute atomic E-state index is 12.6. The van der Waals surface area contributed by atoms with Gasteiger partial charge in [0, 0.05) is 22.3 Å². The van der Waals surface area contributed by atoms with Crippen LogP contribution in [0.3, 0.4) is 0 Å². The van der Waals surface area contributed by atoms with Crippen molar-refractivity contribution in [1.29, 1.82) is 0 Å². The van der Waals surface area contributed by atoms with Crippen LogP contribution in [0.4, 0.5) is 0 Å². The first-order valence-corrected chi connectivity index (χ1v) is 8.04. The van der Waals surface area contributed by atoms with E-state index < -0.39 is 12.0 Å². The molecule has 0 aliphatic heterocycles. The summed E-state index contributed by atoms with van der Waals surface area (Å²) in [5.41, 5.74) is 1.78. The predicted molar refractivity (Wildman–Crippen MR) is 92.7 cm³/mol. The van der Waals surface area contributed by atoms with Gasteiger partial charge >= 0.3 is 5.97 Å². The lowest BCUT2D eigenvalue weighted by Gasteiger charge is -2.17. The highest BCUT2D eigenvalue weighted by molar-refractivity contribution is 9.10. The van der Waals surface area contributed by atoms with Gasteiger partial charge in [-0.1, -0.05) is 28.1 Å². The summed E-state index contributed by atoms with van der Waals surface area (Å²) in [5.74, 6) is -1.33. The summed E-state index contributed by atoms with van der Waals surface area (Å²) >= 11 is 3.34. The Bertz CT molecular complexity index is 889. The minimum Gasteiger partial charge on any atom is -0.481 e. The van der Waals surface area contributed by atoms with Gasteiger partial charge < -0.3 is 15.4 Å². The molecule has 0 aliphatic carbocycles. The lowest BCUT2D eigenvalue weighted by atomic mass is 10.0. The number of halogens is 1. The number of nitrogens with zero attached hydrogens (tertiary/aromatic N) is 1. The molecular formula is C17H14BrN3O3. The van der Waals surface area contributed by atoms with E-state index in [0.29, 0.717) is 16.6 Å². The van der Waals surface area contributed by atoms with Crippen LogP contribution in [-0.2, 0) is 4.79 Å². The number of hydrogen-bond acceptors (Lipinski definition) is 3. The van der Waals surface area contributed by atoms with Crippen molar-refractivity contribution in [1.82, 2.24) is 15.3 Å². The molecule has 0 saturated heterocycles. The number of amides is 1. The summed E-state index contributed by atoms with van der Waals surface area (Å²) in [6.07, 6.45) is 3.01. The molecule has 3 N–H and O–H groups in total. The summed E-state index contributed by atoms with van der Waals surface area (Å²) in [6.45, 7) is 0. The Morgan fingerprint density at radius 2 is 2.00 bits per heavy atom. The number of pyridine rings is 1. The Labute approximate surface area is 146 Å². The normalized spacial score (nSPS) is 12.0. The molecule has 6 nitrogen and oxygen atoms in total. The topological polar surface area (TPSA) is 95.1 Å². The minimum absolute atomic E-state index is 0.200. The zero-order chi connectivity index (χ0) is 17.1. The second-order valence-corrected chi connectivity index (χ2v) is 6.19. The average Bonchev–Trinajstić information content (AvgIpc) is 2.98. The number of aliphatic carboxylic acids is 1. The van der Waals surface area contributed by atoms with Crippen LogP contribution in [0, 0.1) is 0 Å². The highest BCUT2D eigenvalue weighted by Gasteiger charge is 2.20. The second-order valence-electron chi connectivity index (χ2n) is 5.28. The number of aromatic nitrogens is 2. The monoisotopic (exact) mass is 387 g/mol. The molecule has 122 valence electrons. The largest absolute Gasteiger partial charge is 0.481 e. The van der Waals surface area contributed by atoms with Crippen molar-refractivity contribution in [2.45, 2.75) is 12.5 Å². The van der Waals surface area contributed by atoms with E-state index in [1.807, 2.05) is 12.1 Å². The summed E-state index contributed by atoms with van der Waals surface area (Å²) < 4.78 is 0.884. The summed E-state index contributed by atoms with van der Waals surface area (Å²) in [7, 11) is 0. The molecule has 1 aromatic carbocycles. The highest BCUT2D eigenvalue weighted by atomic mass is 79.9. The lowest BCUT2D eigenvalue weighted by molar-refractivity contribution is -0.137. The number of H-pyrrole nitrogens is 1. The van der Waals surface area contributed by atoms with Crippen LogP contribution < -0.4 is 5.32 Å². The zero-order valence-corrected chi connectivity index (χ0v) is 14.1. The van der Waals surface area contributed by atoms with Gasteiger partial charge in [0.25, 0.3) is 5.91 Å². The molecule has 1 amide bonds. The third-order valence-electron chi connectivity index (χ3n) is 3.65. The molecule has 3 aromatic rings. The number of nitrogens with one attached hydrogen (secondary N) is 2. The van der Waals surface area contributed by atoms with Crippen molar-refractivity contribution in [3.63, 3.8) is 0 Å². The number of hydrogen-bond donors (Lipinski definition) is 3. The number of carbonyl (C=O) groups is 2. The molecule has 0 fully saturated rings. The number of aromatic amines is 1. The number of carboxylic acids is 1. The standard InChI is InChI=1S/C17H14BrN3O3/c18-11-5-3-10(4-6-11)14(8-15(22)23)21-17(24)13-9-20-16-12(13)2-1-7-19-16/h1-7,9,14H,8H2,(H,19,20)(H,21,24)(H,22,23)/t14-/m1/s1. The number of benzene rings is 1. The second kappa shape index (κ2) is 6.84. The Balaban J connectivity index is 1.87. The van der Waals surface area contributed by atoms with E-state index in [4.69, 9.17) is 5.11 Å². The van der Waals surface area contributed by atoms with Crippen molar-refractivity contribution in [2.24, 2.45) is 0 Å². The van der Waals surface area contributed by atoms with Crippen LogP contribution in [-0.4, -0.2) is 27.0 Å². The number of carbonyl (C=O) groups excluding carboxylic acids is 1. The lowest BCUT2D eigenvalue weighted by Crippen LogP contribution is -2.30. The van der Waals surface area contributed by atoms with Crippen LogP contribution in [0.5, 0.6) is 0 Å². The molecule has 0 saturated carbocycles. The van der Waals surface area contributed by atoms with Crippen molar-refractivity contribution < 1.29 is 14.7 Å². The van der Waals surface area contributed by atoms with Crippen LogP contribution in [0.1, 0.15) is 28.4 Å². The van der Waals surface area contributed by atoms with Gasteiger partial charge in [0.2, 0.25) is 0 Å². The Morgan fingerprint density at radius 3 is 2.71 bits per heavy atom. The van der Waals surface area contributed by atoms with Gasteiger partial charge in [-0.3, -0.25) is 9.59 Å². The van der Waals surface area contributed by atoms with Crippen molar-refractivity contribution in [2.75, 3.05) is 0 Å². The van der Waals surface area contributed by atoms with Gasteiger partial charge in [0.15, 0.2) is 0 Å². The number of carboxylic acid groups (broad SMARTS) is 1. The fourth-order valence-electron chi connectivity index (χ4n) is 2.50. The van der Waals surface area contributed by atoms with E-state index in [-0.39, 0.29) is 12.3 Å². The Morgan fingerprint density at radius 1 is 1.25 bits per heavy atom. The van der Waals surface area contributed by atoms with Crippen LogP contribution in [0.15, 0.2) is 53.3 Å². The van der Waals surface area contributed by atoms with Gasteiger partial charge in [-0.25, -0.2) is 4.98 Å². The molecule has 0 radical (unpaired) electrons. The van der Waals surface area contributed by atoms with E-state index >= 15 is 0 Å². The zero-order valence-electron chi connectivity index (χ0n) is 12.5. The van der Waals surface area contributed by atoms with E-state index in [1.54, 1.807) is 36.7 Å². The highest BCUT2D eigenvalue weighted by Crippen LogP contribution is 2.22. The maximum atomic E-state index is 12.6. The van der Waals surface area contributed by atoms with E-state index in [9.17, 15) is 9.59 Å². The summed E-state index contributed by atoms with van der Waals surface area (Å²) in [4.78, 5) is 30.8. The molecule has 2 heterocycles. The molecule has 3 rings (SSSR count). The van der Waals surface area contributed by atoms with Crippen molar-refractivity contribution in [3.05, 3.63) is 64.4 Å². The Kier molecular flexibility index (Phi) is 4.61. The maximum Gasteiger partial charge on any atom is 0.305 e. The Hall–Kier alpha value is -2.67. The van der Waals surface area contributed by atoms with Crippen LogP contribution >= 0.6 is 15.9 Å². The summed E-state index contributed by atoms with van der Waals surface area (Å²) in [6, 6.07) is 10.1. The molecule has 24 heavy (non-hydrogen) atoms. The average molecular weight is 388 g/mol. The van der Waals surface area contributed by atoms with Gasteiger partial charge in [0.05, 0.1) is 18.0 Å². The third-order valence-corrected chi connectivity index (χ3v) is 4.18. The minimum atomic E-state index is -0.983. The molecule has 2 aromatic heterocycles. The van der Waals surface area contributed by atoms with Gasteiger partial charge in [-0.15, -0.1) is 0 Å². The first kappa shape index (κ1) is 16.2. The van der Waals surface area contributed by atoms with Crippen molar-refractivity contribution >= 4 is 38.8 Å². The smallest absolute Gasteiger partial charge is 0.305 e. The van der Waals surface area contributed by atoms with Crippen molar-refractivity contribution in [3.8, 4) is 0 Å². The number of fused-ring (bicyclic) bond motifs is 1. The quantitative estimate of drug-likeness (QED) is 0.625. The van der Waals surface area contributed by atoms with Gasteiger partial charge in [-0.2, -0.15) is 0 Å². The molecule has 1 atom stereocenters. The molecule has 0 unspecified atom stereocenters. The van der Waals surface area contributed by atoms with E-state index in [2.05, 4.69) is 31.2 Å². The fourth-order valence-corrected chi connectivity index (χ4v) is 2.77. The molecule has 0 spiro atoms. The molecule has 0 aliphatic rings. The fraction of sp³-hybridized carbons (Fsp3) is 0.118. The summed E-state index contributed by atoms with van der Waals surface area (Å²) in [5, 5.41) is 12.6. The van der Waals surface area contributed by atoms with E-state index in [1.165, 1.54) is 0 Å². The molecular weight excluding hydrogens is 374 g/mol. The van der Waals surface area contributed by atoms with Gasteiger partial charge in [-0.05, 0) is 29.8 Å². The SMILES string of the molecule is O=C(O)C[C@@H](NC(=O)c1c[nH]c2ncccc12)c1ccc(Br)cc1. The first-order valence-electron chi connectivity index (χ1n) is 7.25. The number of rotatable bonds is 5. The van der Waals surface area contributed by atoms with Crippen LogP contribution in [0.25, 0.3) is 11.0 Å². The first-order chi connectivity index (χ1) is 11.5.